The Bertz CT molecular complexity index is 906. The third-order valence-electron chi connectivity index (χ3n) is 5.05. The number of benzene rings is 2. The van der Waals surface area contributed by atoms with Gasteiger partial charge >= 0.3 is 5.97 Å². The van der Waals surface area contributed by atoms with Gasteiger partial charge in [0.2, 0.25) is 6.86 Å². The molecule has 2 aromatic carbocycles. The van der Waals surface area contributed by atoms with Crippen molar-refractivity contribution in [3.63, 3.8) is 0 Å². The molecule has 0 bridgehead atoms. The van der Waals surface area contributed by atoms with Crippen LogP contribution in [0.1, 0.15) is 54.8 Å². The highest BCUT2D eigenvalue weighted by molar-refractivity contribution is 5.91. The molecule has 0 saturated carbocycles. The van der Waals surface area contributed by atoms with E-state index in [1.807, 2.05) is 0 Å². The summed E-state index contributed by atoms with van der Waals surface area (Å²) in [6.07, 6.45) is 3.64. The van der Waals surface area contributed by atoms with Gasteiger partial charge in [0.05, 0.1) is 18.8 Å². The molecule has 0 unspecified atom stereocenters. The fourth-order valence-electron chi connectivity index (χ4n) is 3.38. The van der Waals surface area contributed by atoms with Gasteiger partial charge in [0.15, 0.2) is 23.7 Å². The van der Waals surface area contributed by atoms with Crippen molar-refractivity contribution in [2.45, 2.75) is 38.9 Å². The zero-order valence-electron chi connectivity index (χ0n) is 17.5. The van der Waals surface area contributed by atoms with E-state index in [1.165, 1.54) is 12.1 Å². The van der Waals surface area contributed by atoms with E-state index < -0.39 is 53.6 Å². The topological polar surface area (TPSA) is 54.0 Å². The van der Waals surface area contributed by atoms with Crippen molar-refractivity contribution < 1.29 is 41.3 Å². The highest BCUT2D eigenvalue weighted by Crippen LogP contribution is 2.30. The lowest BCUT2D eigenvalue weighted by molar-refractivity contribution is -0.206. The number of hydrogen-bond acceptors (Lipinski definition) is 5. The summed E-state index contributed by atoms with van der Waals surface area (Å²) in [7, 11) is 0. The monoisotopic (exact) mass is 456 g/mol. The van der Waals surface area contributed by atoms with Crippen molar-refractivity contribution >= 4 is 5.97 Å². The Morgan fingerprint density at radius 2 is 1.72 bits per heavy atom. The van der Waals surface area contributed by atoms with Crippen LogP contribution in [0.15, 0.2) is 30.3 Å². The van der Waals surface area contributed by atoms with Crippen LogP contribution in [0.2, 0.25) is 0 Å². The normalized spacial score (nSPS) is 18.4. The summed E-state index contributed by atoms with van der Waals surface area (Å²) in [5, 5.41) is 0. The predicted octanol–water partition coefficient (Wildman–Crippen LogP) is 5.87. The molecular formula is C23H24F4O5. The van der Waals surface area contributed by atoms with Crippen LogP contribution in [-0.2, 0) is 9.47 Å². The third-order valence-corrected chi connectivity index (χ3v) is 5.05. The summed E-state index contributed by atoms with van der Waals surface area (Å²) in [5.41, 5.74) is -0.0391. The molecule has 5 nitrogen and oxygen atoms in total. The molecule has 0 atom stereocenters. The summed E-state index contributed by atoms with van der Waals surface area (Å²) < 4.78 is 74.7. The number of halogens is 4. The number of alkyl halides is 1. The average Bonchev–Trinajstić information content (AvgIpc) is 2.77. The standard InChI is InChI=1S/C23H24F4O5/c1-2-3-4-5-14-11-29-23(30-12-14)15-6-7-17(18(25)8-15)22(28)32-16-9-19(26)21(31-13-24)20(27)10-16/h6-10,14,23H,2-5,11-13H2,1H3. The maximum Gasteiger partial charge on any atom is 0.346 e. The second-order valence-corrected chi connectivity index (χ2v) is 7.46. The Morgan fingerprint density at radius 3 is 2.31 bits per heavy atom. The van der Waals surface area contributed by atoms with Crippen molar-refractivity contribution in [1.29, 1.82) is 0 Å². The second kappa shape index (κ2) is 11.3. The first-order valence-corrected chi connectivity index (χ1v) is 10.4. The molecule has 2 aromatic rings. The first kappa shape index (κ1) is 24.0. The minimum atomic E-state index is -1.43. The second-order valence-electron chi connectivity index (χ2n) is 7.46. The smallest absolute Gasteiger partial charge is 0.346 e. The van der Waals surface area contributed by atoms with Gasteiger partial charge in [-0.1, -0.05) is 32.3 Å². The fourth-order valence-corrected chi connectivity index (χ4v) is 3.38. The molecule has 1 aliphatic rings. The molecule has 9 heteroatoms. The van der Waals surface area contributed by atoms with Gasteiger partial charge in [0.1, 0.15) is 11.6 Å². The Labute approximate surface area is 183 Å². The van der Waals surface area contributed by atoms with Gasteiger partial charge in [0.25, 0.3) is 0 Å². The van der Waals surface area contributed by atoms with Crippen LogP contribution in [0, 0.1) is 23.4 Å². The van der Waals surface area contributed by atoms with Gasteiger partial charge < -0.3 is 18.9 Å². The zero-order valence-corrected chi connectivity index (χ0v) is 17.5. The summed E-state index contributed by atoms with van der Waals surface area (Å²) in [4.78, 5) is 12.3. The summed E-state index contributed by atoms with van der Waals surface area (Å²) >= 11 is 0. The first-order valence-electron chi connectivity index (χ1n) is 10.4. The molecular weight excluding hydrogens is 432 g/mol. The number of hydrogen-bond donors (Lipinski definition) is 0. The molecule has 0 amide bonds. The van der Waals surface area contributed by atoms with Crippen LogP contribution in [-0.4, -0.2) is 26.0 Å². The summed E-state index contributed by atoms with van der Waals surface area (Å²) in [6.45, 7) is 1.70. The Kier molecular flexibility index (Phi) is 8.46. The molecule has 1 heterocycles. The molecule has 0 radical (unpaired) electrons. The number of rotatable bonds is 9. The van der Waals surface area contributed by atoms with E-state index >= 15 is 0 Å². The van der Waals surface area contributed by atoms with Crippen LogP contribution >= 0.6 is 0 Å². The molecule has 1 aliphatic heterocycles. The third kappa shape index (κ3) is 5.98. The van der Waals surface area contributed by atoms with E-state index in [1.54, 1.807) is 0 Å². The van der Waals surface area contributed by atoms with Gasteiger partial charge in [-0.05, 0) is 18.6 Å². The molecule has 1 saturated heterocycles. The van der Waals surface area contributed by atoms with Gasteiger partial charge in [-0.15, -0.1) is 0 Å². The SMILES string of the molecule is CCCCCC1COC(c2ccc(C(=O)Oc3cc(F)c(OCF)c(F)c3)c(F)c2)OC1. The molecule has 1 fully saturated rings. The summed E-state index contributed by atoms with van der Waals surface area (Å²) in [5.74, 6) is -5.76. The van der Waals surface area contributed by atoms with Crippen LogP contribution in [0.4, 0.5) is 17.6 Å². The van der Waals surface area contributed by atoms with E-state index in [0.29, 0.717) is 36.8 Å². The lowest BCUT2D eigenvalue weighted by atomic mass is 10.0. The molecule has 3 rings (SSSR count). The maximum absolute atomic E-state index is 14.5. The Hall–Kier alpha value is -2.65. The van der Waals surface area contributed by atoms with Crippen LogP contribution in [0.25, 0.3) is 0 Å². The van der Waals surface area contributed by atoms with Gasteiger partial charge in [-0.2, -0.15) is 0 Å². The van der Waals surface area contributed by atoms with Gasteiger partial charge in [-0.3, -0.25) is 0 Å². The largest absolute Gasteiger partial charge is 0.457 e. The maximum atomic E-state index is 14.5. The van der Waals surface area contributed by atoms with Crippen molar-refractivity contribution in [3.05, 3.63) is 58.9 Å². The lowest BCUT2D eigenvalue weighted by Gasteiger charge is -2.29. The minimum absolute atomic E-state index is 0.291. The molecule has 0 aliphatic carbocycles. The van der Waals surface area contributed by atoms with Gasteiger partial charge in [-0.25, -0.2) is 22.4 Å². The van der Waals surface area contributed by atoms with Crippen LogP contribution in [0.3, 0.4) is 0 Å². The number of ether oxygens (including phenoxy) is 4. The fraction of sp³-hybridized carbons (Fsp3) is 0.435. The van der Waals surface area contributed by atoms with E-state index in [-0.39, 0.29) is 0 Å². The Morgan fingerprint density at radius 1 is 1.03 bits per heavy atom. The molecule has 0 spiro atoms. The van der Waals surface area contributed by atoms with Crippen molar-refractivity contribution in [2.24, 2.45) is 5.92 Å². The number of esters is 1. The van der Waals surface area contributed by atoms with E-state index in [2.05, 4.69) is 11.7 Å². The summed E-state index contributed by atoms with van der Waals surface area (Å²) in [6, 6.07) is 5.01. The van der Waals surface area contributed by atoms with E-state index in [4.69, 9.17) is 14.2 Å². The van der Waals surface area contributed by atoms with Crippen LogP contribution < -0.4 is 9.47 Å². The average molecular weight is 456 g/mol. The predicted molar refractivity (Wildman–Crippen MR) is 107 cm³/mol. The quantitative estimate of drug-likeness (QED) is 0.204. The van der Waals surface area contributed by atoms with Crippen LogP contribution in [0.5, 0.6) is 11.5 Å². The molecule has 32 heavy (non-hydrogen) atoms. The molecule has 0 aromatic heterocycles. The first-order chi connectivity index (χ1) is 15.4. The molecule has 174 valence electrons. The minimum Gasteiger partial charge on any atom is -0.457 e. The Balaban J connectivity index is 1.62. The highest BCUT2D eigenvalue weighted by atomic mass is 19.1. The number of carbonyl (C=O) groups excluding carboxylic acids is 1. The van der Waals surface area contributed by atoms with Gasteiger partial charge in [0, 0.05) is 23.6 Å². The zero-order chi connectivity index (χ0) is 23.1. The van der Waals surface area contributed by atoms with E-state index in [9.17, 15) is 22.4 Å². The molecule has 0 N–H and O–H groups in total. The van der Waals surface area contributed by atoms with E-state index in [0.717, 1.165) is 31.7 Å². The lowest BCUT2D eigenvalue weighted by Crippen LogP contribution is -2.27. The number of unbranched alkanes of at least 4 members (excludes halogenated alkanes) is 2. The highest BCUT2D eigenvalue weighted by Gasteiger charge is 2.25. The number of carbonyl (C=O) groups is 1. The van der Waals surface area contributed by atoms with Crippen molar-refractivity contribution in [3.8, 4) is 11.5 Å². The van der Waals surface area contributed by atoms with Crippen molar-refractivity contribution in [1.82, 2.24) is 0 Å². The van der Waals surface area contributed by atoms with Crippen molar-refractivity contribution in [2.75, 3.05) is 20.1 Å².